The lowest BCUT2D eigenvalue weighted by molar-refractivity contribution is 0.382. The van der Waals surface area contributed by atoms with Crippen LogP contribution in [0.3, 0.4) is 0 Å². The minimum atomic E-state index is 0.237. The minimum Gasteiger partial charge on any atom is -0.495 e. The highest BCUT2D eigenvalue weighted by Gasteiger charge is 2.24. The highest BCUT2D eigenvalue weighted by molar-refractivity contribution is 7.98. The van der Waals surface area contributed by atoms with E-state index in [1.165, 1.54) is 31.0 Å². The molecule has 0 spiro atoms. The van der Waals surface area contributed by atoms with E-state index in [1.807, 2.05) is 38.1 Å². The van der Waals surface area contributed by atoms with Gasteiger partial charge in [0, 0.05) is 19.0 Å². The average Bonchev–Trinajstić information content (AvgIpc) is 3.40. The van der Waals surface area contributed by atoms with Crippen LogP contribution < -0.4 is 9.64 Å². The second-order valence-corrected chi connectivity index (χ2v) is 8.27. The fourth-order valence-corrected chi connectivity index (χ4v) is 4.14. The molecule has 0 radical (unpaired) electrons. The molecule has 2 aromatic heterocycles. The third kappa shape index (κ3) is 4.24. The average molecular weight is 415 g/mol. The molecule has 1 aromatic carbocycles. The molecule has 29 heavy (non-hydrogen) atoms. The predicted molar refractivity (Wildman–Crippen MR) is 112 cm³/mol. The Morgan fingerprint density at radius 1 is 1.14 bits per heavy atom. The molecule has 0 N–H and O–H groups in total. The Balaban J connectivity index is 1.66. The summed E-state index contributed by atoms with van der Waals surface area (Å²) >= 11 is 1.53. The highest BCUT2D eigenvalue weighted by Crippen LogP contribution is 2.33. The SMILES string of the molecule is COc1ccccc1-n1c(SCc2nc(C(C)C)no2)nnc1N1CCCCC1. The number of hydrogen-bond acceptors (Lipinski definition) is 8. The Morgan fingerprint density at radius 2 is 1.93 bits per heavy atom. The van der Waals surface area contributed by atoms with Crippen LogP contribution in [0.15, 0.2) is 33.9 Å². The van der Waals surface area contributed by atoms with Crippen molar-refractivity contribution in [2.24, 2.45) is 0 Å². The Hall–Kier alpha value is -2.55. The number of ether oxygens (including phenoxy) is 1. The second kappa shape index (κ2) is 8.86. The van der Waals surface area contributed by atoms with E-state index >= 15 is 0 Å². The van der Waals surface area contributed by atoms with Crippen molar-refractivity contribution in [1.82, 2.24) is 24.9 Å². The van der Waals surface area contributed by atoms with Gasteiger partial charge in [0.05, 0.1) is 18.6 Å². The van der Waals surface area contributed by atoms with Gasteiger partial charge in [-0.15, -0.1) is 10.2 Å². The first-order chi connectivity index (χ1) is 14.2. The van der Waals surface area contributed by atoms with Crippen molar-refractivity contribution >= 4 is 17.7 Å². The van der Waals surface area contributed by atoms with Gasteiger partial charge in [-0.25, -0.2) is 0 Å². The van der Waals surface area contributed by atoms with Crippen molar-refractivity contribution in [2.75, 3.05) is 25.1 Å². The van der Waals surface area contributed by atoms with E-state index in [9.17, 15) is 0 Å². The maximum Gasteiger partial charge on any atom is 0.237 e. The van der Waals surface area contributed by atoms with Gasteiger partial charge in [-0.1, -0.05) is 42.9 Å². The van der Waals surface area contributed by atoms with E-state index in [-0.39, 0.29) is 5.92 Å². The quantitative estimate of drug-likeness (QED) is 0.535. The summed E-state index contributed by atoms with van der Waals surface area (Å²) < 4.78 is 13.1. The number of benzene rings is 1. The van der Waals surface area contributed by atoms with Crippen LogP contribution in [-0.4, -0.2) is 45.1 Å². The Labute approximate surface area is 174 Å². The molecule has 1 aliphatic heterocycles. The molecule has 9 heteroatoms. The first kappa shape index (κ1) is 19.8. The molecule has 0 bridgehead atoms. The summed E-state index contributed by atoms with van der Waals surface area (Å²) in [7, 11) is 1.68. The third-order valence-electron chi connectivity index (χ3n) is 4.91. The summed E-state index contributed by atoms with van der Waals surface area (Å²) in [4.78, 5) is 6.77. The van der Waals surface area contributed by atoms with Crippen LogP contribution in [-0.2, 0) is 5.75 Å². The zero-order valence-electron chi connectivity index (χ0n) is 17.0. The molecule has 8 nitrogen and oxygen atoms in total. The molecule has 3 heterocycles. The molecule has 154 valence electrons. The third-order valence-corrected chi connectivity index (χ3v) is 5.82. The molecular formula is C20H26N6O2S. The van der Waals surface area contributed by atoms with Gasteiger partial charge in [0.1, 0.15) is 5.75 Å². The van der Waals surface area contributed by atoms with Crippen LogP contribution >= 0.6 is 11.8 Å². The van der Waals surface area contributed by atoms with Crippen molar-refractivity contribution in [2.45, 2.75) is 49.9 Å². The van der Waals surface area contributed by atoms with Crippen LogP contribution in [0.4, 0.5) is 5.95 Å². The Morgan fingerprint density at radius 3 is 2.66 bits per heavy atom. The number of thioether (sulfide) groups is 1. The first-order valence-electron chi connectivity index (χ1n) is 9.96. The summed E-state index contributed by atoms with van der Waals surface area (Å²) in [6, 6.07) is 7.95. The monoisotopic (exact) mass is 414 g/mol. The zero-order valence-corrected chi connectivity index (χ0v) is 17.9. The lowest BCUT2D eigenvalue weighted by Crippen LogP contribution is -2.31. The van der Waals surface area contributed by atoms with E-state index in [4.69, 9.17) is 9.26 Å². The second-order valence-electron chi connectivity index (χ2n) is 7.33. The molecular weight excluding hydrogens is 388 g/mol. The number of piperidine rings is 1. The predicted octanol–water partition coefficient (Wildman–Crippen LogP) is 4.06. The number of aromatic nitrogens is 5. The van der Waals surface area contributed by atoms with Crippen molar-refractivity contribution in [3.8, 4) is 11.4 Å². The van der Waals surface area contributed by atoms with E-state index in [2.05, 4.69) is 29.8 Å². The molecule has 0 aliphatic carbocycles. The van der Waals surface area contributed by atoms with Gasteiger partial charge >= 0.3 is 0 Å². The molecule has 0 unspecified atom stereocenters. The molecule has 4 rings (SSSR count). The largest absolute Gasteiger partial charge is 0.495 e. The van der Waals surface area contributed by atoms with Crippen molar-refractivity contribution in [1.29, 1.82) is 0 Å². The molecule has 3 aromatic rings. The zero-order chi connectivity index (χ0) is 20.2. The van der Waals surface area contributed by atoms with Crippen LogP contribution in [0, 0.1) is 0 Å². The van der Waals surface area contributed by atoms with Gasteiger partial charge in [0.2, 0.25) is 11.8 Å². The van der Waals surface area contributed by atoms with Crippen molar-refractivity contribution < 1.29 is 9.26 Å². The maximum absolute atomic E-state index is 5.61. The van der Waals surface area contributed by atoms with Crippen LogP contribution in [0.2, 0.25) is 0 Å². The number of nitrogens with zero attached hydrogens (tertiary/aromatic N) is 6. The highest BCUT2D eigenvalue weighted by atomic mass is 32.2. The van der Waals surface area contributed by atoms with E-state index in [0.29, 0.717) is 11.6 Å². The molecule has 1 saturated heterocycles. The van der Waals surface area contributed by atoms with Gasteiger partial charge in [0.15, 0.2) is 11.0 Å². The topological polar surface area (TPSA) is 82.1 Å². The van der Waals surface area contributed by atoms with E-state index in [0.717, 1.165) is 41.5 Å². The fraction of sp³-hybridized carbons (Fsp3) is 0.500. The summed E-state index contributed by atoms with van der Waals surface area (Å²) in [5.74, 6) is 3.72. The Bertz CT molecular complexity index is 948. The lowest BCUT2D eigenvalue weighted by Gasteiger charge is -2.28. The summed E-state index contributed by atoms with van der Waals surface area (Å²) in [5, 5.41) is 13.8. The van der Waals surface area contributed by atoms with Gasteiger partial charge in [-0.3, -0.25) is 4.57 Å². The van der Waals surface area contributed by atoms with Crippen LogP contribution in [0.5, 0.6) is 5.75 Å². The number of methoxy groups -OCH3 is 1. The van der Waals surface area contributed by atoms with E-state index in [1.54, 1.807) is 7.11 Å². The molecule has 0 amide bonds. The van der Waals surface area contributed by atoms with Crippen molar-refractivity contribution in [3.05, 3.63) is 36.0 Å². The van der Waals surface area contributed by atoms with E-state index < -0.39 is 0 Å². The standard InChI is InChI=1S/C20H26N6O2S/c1-14(2)18-21-17(28-24-18)13-29-20-23-22-19(25-11-7-4-8-12-25)26(20)15-9-5-6-10-16(15)27-3/h5-6,9-10,14H,4,7-8,11-13H2,1-3H3. The van der Waals surface area contributed by atoms with Gasteiger partial charge in [-0.2, -0.15) is 4.98 Å². The van der Waals surface area contributed by atoms with Crippen LogP contribution in [0.25, 0.3) is 5.69 Å². The van der Waals surface area contributed by atoms with Gasteiger partial charge in [0.25, 0.3) is 0 Å². The Kier molecular flexibility index (Phi) is 6.03. The number of anilines is 1. The van der Waals surface area contributed by atoms with Crippen LogP contribution in [0.1, 0.15) is 50.7 Å². The number of hydrogen-bond donors (Lipinski definition) is 0. The molecule has 0 saturated carbocycles. The van der Waals surface area contributed by atoms with Gasteiger partial charge < -0.3 is 14.2 Å². The van der Waals surface area contributed by atoms with Crippen molar-refractivity contribution in [3.63, 3.8) is 0 Å². The molecule has 1 aliphatic rings. The van der Waals surface area contributed by atoms with Gasteiger partial charge in [-0.05, 0) is 31.4 Å². The fourth-order valence-electron chi connectivity index (χ4n) is 3.37. The lowest BCUT2D eigenvalue weighted by atomic mass is 10.1. The normalized spacial score (nSPS) is 14.6. The minimum absolute atomic E-state index is 0.237. The molecule has 0 atom stereocenters. The summed E-state index contributed by atoms with van der Waals surface area (Å²) in [6.07, 6.45) is 3.60. The summed E-state index contributed by atoms with van der Waals surface area (Å²) in [6.45, 7) is 6.06. The first-order valence-corrected chi connectivity index (χ1v) is 10.9. The number of para-hydroxylation sites is 2. The smallest absolute Gasteiger partial charge is 0.237 e. The molecule has 1 fully saturated rings. The maximum atomic E-state index is 5.61. The summed E-state index contributed by atoms with van der Waals surface area (Å²) in [5.41, 5.74) is 0.927. The number of rotatable bonds is 7.